The minimum absolute atomic E-state index is 0.334. The zero-order valence-corrected chi connectivity index (χ0v) is 11.6. The van der Waals surface area contributed by atoms with Crippen LogP contribution in [0.5, 0.6) is 11.6 Å². The van der Waals surface area contributed by atoms with Crippen molar-refractivity contribution in [2.45, 2.75) is 0 Å². The molecule has 0 aliphatic carbocycles. The average Bonchev–Trinajstić information content (AvgIpc) is 2.27. The highest BCUT2D eigenvalue weighted by atomic mass is 79.9. The second-order valence-corrected chi connectivity index (χ2v) is 4.94. The lowest BCUT2D eigenvalue weighted by molar-refractivity contribution is 0.455. The van der Waals surface area contributed by atoms with Gasteiger partial charge in [-0.3, -0.25) is 0 Å². The topological polar surface area (TPSA) is 48.1 Å². The molecule has 0 saturated carbocycles. The summed E-state index contributed by atoms with van der Waals surface area (Å²) in [4.78, 5) is 4.00. The maximum Gasteiger partial charge on any atom is 0.233 e. The van der Waals surface area contributed by atoms with Gasteiger partial charge in [-0.25, -0.2) is 9.37 Å². The Morgan fingerprint density at radius 2 is 1.94 bits per heavy atom. The second-order valence-electron chi connectivity index (χ2n) is 3.23. The summed E-state index contributed by atoms with van der Waals surface area (Å²) in [7, 11) is 0. The standard InChI is InChI=1S/C11H7Br2FN2O/c12-8-2-1-7(4-10(8)14)17-11-9(13)3-6(15)5-16-11/h1-5H,15H2. The van der Waals surface area contributed by atoms with E-state index in [9.17, 15) is 4.39 Å². The average molecular weight is 362 g/mol. The summed E-state index contributed by atoms with van der Waals surface area (Å²) in [6.45, 7) is 0. The number of pyridine rings is 1. The Morgan fingerprint density at radius 3 is 2.59 bits per heavy atom. The van der Waals surface area contributed by atoms with Crippen molar-refractivity contribution in [3.8, 4) is 11.6 Å². The third-order valence-corrected chi connectivity index (χ3v) is 3.15. The number of aromatic nitrogens is 1. The van der Waals surface area contributed by atoms with Crippen LogP contribution in [0.4, 0.5) is 10.1 Å². The number of hydrogen-bond acceptors (Lipinski definition) is 3. The number of nitrogens with zero attached hydrogens (tertiary/aromatic N) is 1. The fraction of sp³-hybridized carbons (Fsp3) is 0. The molecule has 1 aromatic carbocycles. The van der Waals surface area contributed by atoms with Crippen molar-refractivity contribution in [1.29, 1.82) is 0 Å². The molecule has 88 valence electrons. The third-order valence-electron chi connectivity index (χ3n) is 1.93. The Labute approximate surface area is 114 Å². The lowest BCUT2D eigenvalue weighted by atomic mass is 10.3. The van der Waals surface area contributed by atoms with E-state index in [1.807, 2.05) is 0 Å². The number of nitrogen functional groups attached to an aromatic ring is 1. The summed E-state index contributed by atoms with van der Waals surface area (Å²) < 4.78 is 19.7. The van der Waals surface area contributed by atoms with Gasteiger partial charge in [-0.05, 0) is 50.1 Å². The molecule has 1 heterocycles. The van der Waals surface area contributed by atoms with Crippen molar-refractivity contribution in [2.75, 3.05) is 5.73 Å². The summed E-state index contributed by atoms with van der Waals surface area (Å²) in [5, 5.41) is 0. The maximum atomic E-state index is 13.3. The van der Waals surface area contributed by atoms with E-state index >= 15 is 0 Å². The minimum Gasteiger partial charge on any atom is -0.438 e. The van der Waals surface area contributed by atoms with E-state index in [0.717, 1.165) is 0 Å². The molecule has 0 bridgehead atoms. The van der Waals surface area contributed by atoms with Gasteiger partial charge in [0.15, 0.2) is 0 Å². The smallest absolute Gasteiger partial charge is 0.233 e. The predicted molar refractivity (Wildman–Crippen MR) is 70.5 cm³/mol. The molecule has 17 heavy (non-hydrogen) atoms. The van der Waals surface area contributed by atoms with Crippen LogP contribution < -0.4 is 10.5 Å². The minimum atomic E-state index is -0.394. The van der Waals surface area contributed by atoms with Gasteiger partial charge in [0.05, 0.1) is 20.8 Å². The fourth-order valence-electron chi connectivity index (χ4n) is 1.17. The van der Waals surface area contributed by atoms with Crippen LogP contribution in [-0.4, -0.2) is 4.98 Å². The summed E-state index contributed by atoms with van der Waals surface area (Å²) in [6.07, 6.45) is 1.47. The first kappa shape index (κ1) is 12.3. The first-order valence-corrected chi connectivity index (χ1v) is 6.19. The van der Waals surface area contributed by atoms with Gasteiger partial charge in [0, 0.05) is 6.07 Å². The highest BCUT2D eigenvalue weighted by Crippen LogP contribution is 2.30. The first-order chi connectivity index (χ1) is 8.06. The molecule has 0 atom stereocenters. The van der Waals surface area contributed by atoms with Crippen LogP contribution in [0.25, 0.3) is 0 Å². The Kier molecular flexibility index (Phi) is 3.63. The van der Waals surface area contributed by atoms with E-state index in [1.165, 1.54) is 12.3 Å². The predicted octanol–water partition coefficient (Wildman–Crippen LogP) is 4.12. The number of anilines is 1. The summed E-state index contributed by atoms with van der Waals surface area (Å²) in [5.41, 5.74) is 6.07. The molecular formula is C11H7Br2FN2O. The zero-order chi connectivity index (χ0) is 12.4. The van der Waals surface area contributed by atoms with E-state index in [2.05, 4.69) is 36.8 Å². The molecule has 0 fully saturated rings. The Balaban J connectivity index is 2.28. The summed E-state index contributed by atoms with van der Waals surface area (Å²) in [6, 6.07) is 6.14. The van der Waals surface area contributed by atoms with Crippen LogP contribution in [0.1, 0.15) is 0 Å². The summed E-state index contributed by atoms with van der Waals surface area (Å²) in [5.74, 6) is 0.304. The van der Waals surface area contributed by atoms with E-state index in [1.54, 1.807) is 18.2 Å². The Bertz CT molecular complexity index is 563. The lowest BCUT2D eigenvalue weighted by Crippen LogP contribution is -1.92. The molecule has 0 aliphatic rings. The van der Waals surface area contributed by atoms with Crippen LogP contribution in [0.2, 0.25) is 0 Å². The highest BCUT2D eigenvalue weighted by molar-refractivity contribution is 9.10. The van der Waals surface area contributed by atoms with Gasteiger partial charge in [-0.15, -0.1) is 0 Å². The van der Waals surface area contributed by atoms with Crippen molar-refractivity contribution >= 4 is 37.5 Å². The molecular weight excluding hydrogens is 355 g/mol. The quantitative estimate of drug-likeness (QED) is 0.875. The first-order valence-electron chi connectivity index (χ1n) is 4.60. The van der Waals surface area contributed by atoms with Crippen LogP contribution in [0, 0.1) is 5.82 Å². The molecule has 2 N–H and O–H groups in total. The monoisotopic (exact) mass is 360 g/mol. The van der Waals surface area contributed by atoms with Gasteiger partial charge in [0.2, 0.25) is 5.88 Å². The summed E-state index contributed by atoms with van der Waals surface area (Å²) >= 11 is 6.33. The molecule has 1 aromatic heterocycles. The number of rotatable bonds is 2. The van der Waals surface area contributed by atoms with Crippen molar-refractivity contribution in [3.05, 3.63) is 45.2 Å². The van der Waals surface area contributed by atoms with Crippen molar-refractivity contribution < 1.29 is 9.13 Å². The maximum absolute atomic E-state index is 13.3. The van der Waals surface area contributed by atoms with Gasteiger partial charge in [-0.1, -0.05) is 0 Å². The normalized spacial score (nSPS) is 10.3. The Hall–Kier alpha value is -1.14. The van der Waals surface area contributed by atoms with E-state index in [-0.39, 0.29) is 0 Å². The molecule has 0 amide bonds. The number of hydrogen-bond donors (Lipinski definition) is 1. The van der Waals surface area contributed by atoms with Gasteiger partial charge >= 0.3 is 0 Å². The molecule has 0 radical (unpaired) electrons. The lowest BCUT2D eigenvalue weighted by Gasteiger charge is -2.07. The van der Waals surface area contributed by atoms with Crippen LogP contribution >= 0.6 is 31.9 Å². The molecule has 0 aliphatic heterocycles. The van der Waals surface area contributed by atoms with Gasteiger partial charge in [0.25, 0.3) is 0 Å². The van der Waals surface area contributed by atoms with Gasteiger partial charge in [-0.2, -0.15) is 0 Å². The molecule has 0 unspecified atom stereocenters. The molecule has 3 nitrogen and oxygen atoms in total. The van der Waals surface area contributed by atoms with Crippen LogP contribution in [0.15, 0.2) is 39.4 Å². The van der Waals surface area contributed by atoms with E-state index in [4.69, 9.17) is 10.5 Å². The molecule has 2 rings (SSSR count). The van der Waals surface area contributed by atoms with Crippen LogP contribution in [-0.2, 0) is 0 Å². The number of ether oxygens (including phenoxy) is 1. The molecule has 0 saturated heterocycles. The highest BCUT2D eigenvalue weighted by Gasteiger charge is 2.07. The largest absolute Gasteiger partial charge is 0.438 e. The molecule has 6 heteroatoms. The second kappa shape index (κ2) is 5.01. The third kappa shape index (κ3) is 2.95. The number of nitrogens with two attached hydrogens (primary N) is 1. The molecule has 2 aromatic rings. The fourth-order valence-corrected chi connectivity index (χ4v) is 1.86. The van der Waals surface area contributed by atoms with Crippen LogP contribution in [0.3, 0.4) is 0 Å². The Morgan fingerprint density at radius 1 is 1.18 bits per heavy atom. The van der Waals surface area contributed by atoms with Gasteiger partial charge < -0.3 is 10.5 Å². The molecule has 0 spiro atoms. The van der Waals surface area contributed by atoms with E-state index in [0.29, 0.717) is 26.3 Å². The van der Waals surface area contributed by atoms with Crippen molar-refractivity contribution in [2.24, 2.45) is 0 Å². The number of halogens is 3. The van der Waals surface area contributed by atoms with E-state index < -0.39 is 5.82 Å². The number of benzene rings is 1. The SMILES string of the molecule is Nc1cnc(Oc2ccc(Br)c(F)c2)c(Br)c1. The van der Waals surface area contributed by atoms with Gasteiger partial charge in [0.1, 0.15) is 11.6 Å². The van der Waals surface area contributed by atoms with Crippen molar-refractivity contribution in [1.82, 2.24) is 4.98 Å². The zero-order valence-electron chi connectivity index (χ0n) is 8.45. The van der Waals surface area contributed by atoms with Crippen molar-refractivity contribution in [3.63, 3.8) is 0 Å².